The predicted octanol–water partition coefficient (Wildman–Crippen LogP) is -1.42. The first-order valence-electron chi connectivity index (χ1n) is 2.14. The van der Waals surface area contributed by atoms with Gasteiger partial charge in [0.15, 0.2) is 0 Å². The fraction of sp³-hybridized carbons (Fsp3) is 1.00. The number of hydrogen-bond acceptors (Lipinski definition) is 1. The molecular formula is C5H11LiS. The maximum absolute atomic E-state index is 4.79. The molecule has 0 aromatic heterocycles. The maximum atomic E-state index is 4.79. The second-order valence-corrected chi connectivity index (χ2v) is 2.99. The molecule has 0 saturated heterocycles. The van der Waals surface area contributed by atoms with Crippen LogP contribution < -0.4 is 18.9 Å². The third-order valence-electron chi connectivity index (χ3n) is 0.433. The van der Waals surface area contributed by atoms with Crippen LogP contribution in [0.5, 0.6) is 0 Å². The van der Waals surface area contributed by atoms with Gasteiger partial charge >= 0.3 is 18.9 Å². The van der Waals surface area contributed by atoms with E-state index in [4.69, 9.17) is 12.6 Å². The molecule has 0 amide bonds. The fourth-order valence-electron chi connectivity index (χ4n) is 0. The van der Waals surface area contributed by atoms with Gasteiger partial charge in [-0.3, -0.25) is 0 Å². The van der Waals surface area contributed by atoms with Gasteiger partial charge in [-0.15, -0.1) is 0 Å². The first-order valence-corrected chi connectivity index (χ1v) is 2.72. The van der Waals surface area contributed by atoms with E-state index < -0.39 is 0 Å². The first-order chi connectivity index (χ1) is 2.56. The van der Waals surface area contributed by atoms with Gasteiger partial charge in [0.1, 0.15) is 0 Å². The van der Waals surface area contributed by atoms with Crippen LogP contribution in [0.3, 0.4) is 0 Å². The molecule has 7 heavy (non-hydrogen) atoms. The molecule has 0 aromatic rings. The molecule has 0 atom stereocenters. The molecule has 0 nitrogen and oxygen atoms in total. The molecule has 0 fully saturated rings. The largest absolute Gasteiger partial charge is 1.00 e. The Hall–Kier alpha value is 0.947. The summed E-state index contributed by atoms with van der Waals surface area (Å²) in [5.41, 5.74) is 0.356. The van der Waals surface area contributed by atoms with E-state index in [1.54, 1.807) is 0 Å². The zero-order valence-corrected chi connectivity index (χ0v) is 6.43. The van der Waals surface area contributed by atoms with Crippen LogP contribution in [0, 0.1) is 5.41 Å². The van der Waals surface area contributed by atoms with Crippen LogP contribution in [0.1, 0.15) is 20.8 Å². The van der Waals surface area contributed by atoms with Crippen LogP contribution in [0.4, 0.5) is 0 Å². The summed E-state index contributed by atoms with van der Waals surface area (Å²) in [5, 5.41) is 0. The Kier molecular flexibility index (Phi) is 6.03. The molecule has 0 bridgehead atoms. The van der Waals surface area contributed by atoms with Gasteiger partial charge in [-0.05, 0) is 0 Å². The van der Waals surface area contributed by atoms with Crippen molar-refractivity contribution in [3.8, 4) is 0 Å². The molecule has 0 N–H and O–H groups in total. The molecule has 0 aliphatic rings. The van der Waals surface area contributed by atoms with Gasteiger partial charge in [0.25, 0.3) is 0 Å². The third-order valence-corrected chi connectivity index (χ3v) is 1.30. The Bertz CT molecular complexity index is 37.8. The summed E-state index contributed by atoms with van der Waals surface area (Å²) < 4.78 is 0. The van der Waals surface area contributed by atoms with Crippen molar-refractivity contribution >= 4 is 12.6 Å². The van der Waals surface area contributed by atoms with Crippen LogP contribution in [-0.4, -0.2) is 5.75 Å². The molecule has 0 spiro atoms. The number of hydrogen-bond donors (Lipinski definition) is 0. The van der Waals surface area contributed by atoms with Crippen molar-refractivity contribution in [1.29, 1.82) is 0 Å². The minimum absolute atomic E-state index is 0. The second-order valence-electron chi connectivity index (χ2n) is 2.70. The summed E-state index contributed by atoms with van der Waals surface area (Å²) in [5.74, 6) is 0.854. The molecule has 0 radical (unpaired) electrons. The molecule has 0 aromatic carbocycles. The van der Waals surface area contributed by atoms with Gasteiger partial charge in [0.2, 0.25) is 0 Å². The topological polar surface area (TPSA) is 0 Å². The molecule has 0 saturated carbocycles. The van der Waals surface area contributed by atoms with E-state index in [0.29, 0.717) is 5.41 Å². The Morgan fingerprint density at radius 1 is 1.29 bits per heavy atom. The van der Waals surface area contributed by atoms with E-state index in [-0.39, 0.29) is 18.9 Å². The Morgan fingerprint density at radius 2 is 1.43 bits per heavy atom. The van der Waals surface area contributed by atoms with Gasteiger partial charge in [-0.25, -0.2) is 0 Å². The van der Waals surface area contributed by atoms with Crippen LogP contribution in [0.15, 0.2) is 0 Å². The van der Waals surface area contributed by atoms with Crippen molar-refractivity contribution in [3.05, 3.63) is 0 Å². The quantitative estimate of drug-likeness (QED) is 0.272. The van der Waals surface area contributed by atoms with Gasteiger partial charge < -0.3 is 12.6 Å². The van der Waals surface area contributed by atoms with Crippen molar-refractivity contribution < 1.29 is 18.9 Å². The summed E-state index contributed by atoms with van der Waals surface area (Å²) in [6.07, 6.45) is 0. The smallest absolute Gasteiger partial charge is 0.792 e. The Balaban J connectivity index is 0. The third kappa shape index (κ3) is 10.9. The Labute approximate surface area is 63.7 Å². The first kappa shape index (κ1) is 10.8. The van der Waals surface area contributed by atoms with Crippen molar-refractivity contribution in [2.75, 3.05) is 5.75 Å². The van der Waals surface area contributed by atoms with E-state index in [2.05, 4.69) is 20.8 Å². The van der Waals surface area contributed by atoms with E-state index >= 15 is 0 Å². The van der Waals surface area contributed by atoms with Crippen molar-refractivity contribution in [3.63, 3.8) is 0 Å². The zero-order chi connectivity index (χ0) is 5.21. The van der Waals surface area contributed by atoms with Crippen LogP contribution in [-0.2, 0) is 12.6 Å². The summed E-state index contributed by atoms with van der Waals surface area (Å²) in [6, 6.07) is 0. The van der Waals surface area contributed by atoms with E-state index in [1.807, 2.05) is 0 Å². The molecule has 38 valence electrons. The molecule has 0 aliphatic heterocycles. The van der Waals surface area contributed by atoms with Gasteiger partial charge in [-0.1, -0.05) is 26.2 Å². The number of rotatable bonds is 0. The van der Waals surface area contributed by atoms with Crippen LogP contribution >= 0.6 is 0 Å². The standard InChI is InChI=1S/C5H12S.Li/c1-5(2,3)4-6;/h6H,4H2,1-3H3;/q;+1/p-1. The summed E-state index contributed by atoms with van der Waals surface area (Å²) in [7, 11) is 0. The molecule has 2 heteroatoms. The van der Waals surface area contributed by atoms with E-state index in [9.17, 15) is 0 Å². The average Bonchev–Trinajstić information content (AvgIpc) is 1.35. The zero-order valence-electron chi connectivity index (χ0n) is 5.62. The minimum Gasteiger partial charge on any atom is -0.792 e. The molecule has 0 rings (SSSR count). The molecule has 0 unspecified atom stereocenters. The monoisotopic (exact) mass is 110 g/mol. The fourth-order valence-corrected chi connectivity index (χ4v) is 0. The predicted molar refractivity (Wildman–Crippen MR) is 31.7 cm³/mol. The molecule has 0 aliphatic carbocycles. The van der Waals surface area contributed by atoms with Crippen molar-refractivity contribution in [1.82, 2.24) is 0 Å². The Morgan fingerprint density at radius 3 is 1.43 bits per heavy atom. The SMILES string of the molecule is CC(C)(C)C[S-].[Li+]. The van der Waals surface area contributed by atoms with E-state index in [1.165, 1.54) is 0 Å². The van der Waals surface area contributed by atoms with Crippen LogP contribution in [0.2, 0.25) is 0 Å². The van der Waals surface area contributed by atoms with Crippen molar-refractivity contribution in [2.45, 2.75) is 20.8 Å². The van der Waals surface area contributed by atoms with E-state index in [0.717, 1.165) is 5.75 Å². The molecular weight excluding hydrogens is 99.1 g/mol. The maximum Gasteiger partial charge on any atom is 1.00 e. The molecule has 0 heterocycles. The van der Waals surface area contributed by atoms with Crippen molar-refractivity contribution in [2.24, 2.45) is 5.41 Å². The second kappa shape index (κ2) is 3.89. The normalized spacial score (nSPS) is 10.3. The average molecular weight is 110 g/mol. The van der Waals surface area contributed by atoms with Gasteiger partial charge in [-0.2, -0.15) is 5.75 Å². The van der Waals surface area contributed by atoms with Crippen LogP contribution in [0.25, 0.3) is 0 Å². The van der Waals surface area contributed by atoms with Gasteiger partial charge in [0.05, 0.1) is 0 Å². The summed E-state index contributed by atoms with van der Waals surface area (Å²) in [4.78, 5) is 0. The summed E-state index contributed by atoms with van der Waals surface area (Å²) >= 11 is 4.79. The van der Waals surface area contributed by atoms with Gasteiger partial charge in [0, 0.05) is 0 Å². The summed E-state index contributed by atoms with van der Waals surface area (Å²) in [6.45, 7) is 6.42. The minimum atomic E-state index is 0.